The van der Waals surface area contributed by atoms with Gasteiger partial charge >= 0.3 is 6.18 Å². The van der Waals surface area contributed by atoms with Gasteiger partial charge in [-0.1, -0.05) is 30.2 Å². The molecule has 0 saturated heterocycles. The molecule has 0 radical (unpaired) electrons. The molecule has 22 heavy (non-hydrogen) atoms. The van der Waals surface area contributed by atoms with E-state index in [1.807, 2.05) is 0 Å². The molecule has 1 N–H and O–H groups in total. The van der Waals surface area contributed by atoms with Crippen LogP contribution in [0.1, 0.15) is 46.9 Å². The highest BCUT2D eigenvalue weighted by molar-refractivity contribution is 5.30. The van der Waals surface area contributed by atoms with Crippen LogP contribution >= 0.6 is 0 Å². The van der Waals surface area contributed by atoms with Crippen molar-refractivity contribution in [3.63, 3.8) is 0 Å². The molecule has 5 heteroatoms. The largest absolute Gasteiger partial charge is 0.486 e. The van der Waals surface area contributed by atoms with E-state index >= 15 is 0 Å². The SMILES string of the molecule is [2H]c1c([2H])c([2H])c(C([2H])(Oc2c([2H])c([2H])c(C(F)(F)F)c([2H])c2[2H])C([2H])([2H])C([2H])([2H])NC([2H])([2H])[2H])c([2H])c1[2H]. The molecular formula is C17H18F3NO. The van der Waals surface area contributed by atoms with E-state index in [0.717, 1.165) is 0 Å². The number of hydrogen-bond donors (Lipinski definition) is 1. The number of hydrogen-bond acceptors (Lipinski definition) is 2. The lowest BCUT2D eigenvalue weighted by Gasteiger charge is -2.20. The van der Waals surface area contributed by atoms with Gasteiger partial charge in [-0.15, -0.1) is 0 Å². The van der Waals surface area contributed by atoms with Crippen molar-refractivity contribution in [2.24, 2.45) is 0 Å². The average Bonchev–Trinajstić information content (AvgIpc) is 2.75. The van der Waals surface area contributed by atoms with Gasteiger partial charge in [-0.2, -0.15) is 13.2 Å². The zero-order valence-corrected chi connectivity index (χ0v) is 10.5. The van der Waals surface area contributed by atoms with Crippen molar-refractivity contribution in [1.29, 1.82) is 0 Å². The minimum Gasteiger partial charge on any atom is -0.486 e. The number of alkyl halides is 3. The van der Waals surface area contributed by atoms with Gasteiger partial charge in [-0.25, -0.2) is 0 Å². The van der Waals surface area contributed by atoms with E-state index < -0.39 is 103 Å². The van der Waals surface area contributed by atoms with Crippen LogP contribution in [0.15, 0.2) is 54.4 Å². The van der Waals surface area contributed by atoms with Gasteiger partial charge in [-0.05, 0) is 43.2 Å². The summed E-state index contributed by atoms with van der Waals surface area (Å²) >= 11 is 0. The van der Waals surface area contributed by atoms with Crippen LogP contribution in [0.5, 0.6) is 5.75 Å². The van der Waals surface area contributed by atoms with Crippen molar-refractivity contribution in [3.05, 3.63) is 65.5 Å². The summed E-state index contributed by atoms with van der Waals surface area (Å²) in [5, 5.41) is 1.25. The Morgan fingerprint density at radius 2 is 1.91 bits per heavy atom. The van der Waals surface area contributed by atoms with E-state index in [0.29, 0.717) is 0 Å². The first kappa shape index (κ1) is 4.99. The summed E-state index contributed by atoms with van der Waals surface area (Å²) < 4.78 is 179. The molecule has 0 amide bonds. The smallest absolute Gasteiger partial charge is 0.416 e. The van der Waals surface area contributed by atoms with E-state index in [1.165, 1.54) is 5.32 Å². The van der Waals surface area contributed by atoms with Crippen molar-refractivity contribution < 1.29 is 41.2 Å². The minimum atomic E-state index is -5.42. The Balaban J connectivity index is 3.09. The van der Waals surface area contributed by atoms with Crippen molar-refractivity contribution in [2.75, 3.05) is 13.5 Å². The third kappa shape index (κ3) is 4.49. The zero-order chi connectivity index (χ0) is 30.8. The van der Waals surface area contributed by atoms with Crippen LogP contribution in [0.3, 0.4) is 0 Å². The van der Waals surface area contributed by atoms with Crippen LogP contribution in [0.25, 0.3) is 0 Å². The second kappa shape index (κ2) is 7.31. The van der Waals surface area contributed by atoms with Crippen molar-refractivity contribution >= 4 is 0 Å². The average molecular weight is 326 g/mol. The summed E-state index contributed by atoms with van der Waals surface area (Å²) in [6, 6.07) is -13.0. The molecule has 2 aromatic carbocycles. The third-order valence-corrected chi connectivity index (χ3v) is 2.06. The normalized spacial score (nSPS) is 27.3. The van der Waals surface area contributed by atoms with Gasteiger partial charge in [0.1, 0.15) is 11.8 Å². The summed E-state index contributed by atoms with van der Waals surface area (Å²) in [4.78, 5) is 0. The summed E-state index contributed by atoms with van der Waals surface area (Å²) in [5.74, 6) is -1.58. The van der Waals surface area contributed by atoms with Crippen LogP contribution in [0.4, 0.5) is 13.2 Å². The Labute approximate surface area is 151 Å². The minimum absolute atomic E-state index is 1.06. The van der Waals surface area contributed by atoms with Gasteiger partial charge < -0.3 is 10.1 Å². The van der Waals surface area contributed by atoms with Gasteiger partial charge in [0.15, 0.2) is 0 Å². The molecule has 1 unspecified atom stereocenters. The highest BCUT2D eigenvalue weighted by Gasteiger charge is 2.30. The standard InChI is InChI=1S/C17H18F3NO/c1-21-12-11-16(13-5-3-2-4-6-13)22-15-9-7-14(8-10-15)17(18,19)20/h2-10,16,21H,11-12H2,1H3/i1D3,2D,3D,4D,5D,6D,7D,8D,9D,10D,11D2,12D2,16D. The van der Waals surface area contributed by atoms with E-state index in [-0.39, 0.29) is 0 Å². The molecule has 2 aromatic rings. The second-order valence-corrected chi connectivity index (χ2v) is 3.51. The Morgan fingerprint density at radius 3 is 2.50 bits per heavy atom. The van der Waals surface area contributed by atoms with E-state index in [4.69, 9.17) is 28.0 Å². The highest BCUT2D eigenvalue weighted by Crippen LogP contribution is 2.31. The monoisotopic (exact) mass is 326 g/mol. The number of nitrogens with one attached hydrogen (secondary N) is 1. The van der Waals surface area contributed by atoms with Crippen LogP contribution in [-0.2, 0) is 6.18 Å². The summed E-state index contributed by atoms with van der Waals surface area (Å²) in [6.07, 6.45) is -13.6. The molecule has 118 valence electrons. The molecule has 0 fully saturated rings. The molecular weight excluding hydrogens is 291 g/mol. The Kier molecular flexibility index (Phi) is 1.66. The maximum absolute atomic E-state index is 13.4. The maximum Gasteiger partial charge on any atom is 0.416 e. The first-order valence-electron chi connectivity index (χ1n) is 14.0. The van der Waals surface area contributed by atoms with Crippen LogP contribution in [0.2, 0.25) is 0 Å². The molecule has 2 rings (SSSR count). The quantitative estimate of drug-likeness (QED) is 0.847. The van der Waals surface area contributed by atoms with Crippen LogP contribution < -0.4 is 10.1 Å². The predicted octanol–water partition coefficient (Wildman–Crippen LogP) is 4.44. The lowest BCUT2D eigenvalue weighted by molar-refractivity contribution is -0.137. The van der Waals surface area contributed by atoms with E-state index in [2.05, 4.69) is 0 Å². The second-order valence-electron chi connectivity index (χ2n) is 3.51. The molecule has 0 heterocycles. The number of halogens is 3. The Hall–Kier alpha value is -2.01. The topological polar surface area (TPSA) is 21.3 Å². The van der Waals surface area contributed by atoms with E-state index in [9.17, 15) is 13.2 Å². The van der Waals surface area contributed by atoms with Gasteiger partial charge in [0.25, 0.3) is 0 Å². The first-order valence-corrected chi connectivity index (χ1v) is 5.48. The molecule has 1 atom stereocenters. The number of rotatable bonds is 6. The maximum atomic E-state index is 13.4. The first-order chi connectivity index (χ1) is 17.2. The molecule has 0 saturated carbocycles. The lowest BCUT2D eigenvalue weighted by Crippen LogP contribution is -2.16. The summed E-state index contributed by atoms with van der Waals surface area (Å²) in [7, 11) is 0. The molecule has 0 aliphatic carbocycles. The molecule has 0 aromatic heterocycles. The molecule has 2 nitrogen and oxygen atoms in total. The molecule has 0 aliphatic heterocycles. The van der Waals surface area contributed by atoms with Gasteiger partial charge in [0.05, 0.1) is 19.3 Å². The predicted molar refractivity (Wildman–Crippen MR) is 79.8 cm³/mol. The third-order valence-electron chi connectivity index (χ3n) is 2.06. The fourth-order valence-electron chi connectivity index (χ4n) is 1.19. The Bertz CT molecular complexity index is 1250. The van der Waals surface area contributed by atoms with Gasteiger partial charge in [-0.3, -0.25) is 0 Å². The van der Waals surface area contributed by atoms with Crippen molar-refractivity contribution in [1.82, 2.24) is 5.32 Å². The van der Waals surface area contributed by atoms with Gasteiger partial charge in [0.2, 0.25) is 0 Å². The van der Waals surface area contributed by atoms with E-state index in [1.54, 1.807) is 0 Å². The van der Waals surface area contributed by atoms with Gasteiger partial charge in [0, 0.05) is 16.0 Å². The van der Waals surface area contributed by atoms with Crippen molar-refractivity contribution in [3.8, 4) is 5.75 Å². The Morgan fingerprint density at radius 1 is 1.23 bits per heavy atom. The molecule has 0 aliphatic rings. The fourth-order valence-corrected chi connectivity index (χ4v) is 1.19. The van der Waals surface area contributed by atoms with Crippen LogP contribution in [0, 0.1) is 0 Å². The summed E-state index contributed by atoms with van der Waals surface area (Å²) in [6.45, 7) is -7.34. The van der Waals surface area contributed by atoms with Crippen LogP contribution in [-0.4, -0.2) is 13.5 Å². The lowest BCUT2D eigenvalue weighted by atomic mass is 10.1. The number of benzene rings is 2. The number of ether oxygens (including phenoxy) is 1. The summed E-state index contributed by atoms with van der Waals surface area (Å²) in [5.41, 5.74) is -3.54. The highest BCUT2D eigenvalue weighted by atomic mass is 19.4. The molecule has 0 bridgehead atoms. The molecule has 0 spiro atoms. The van der Waals surface area contributed by atoms with Crippen molar-refractivity contribution in [2.45, 2.75) is 18.6 Å². The zero-order valence-electron chi connectivity index (χ0n) is 27.5. The fraction of sp³-hybridized carbons (Fsp3) is 0.294.